The van der Waals surface area contributed by atoms with E-state index in [1.807, 2.05) is 6.07 Å². The van der Waals surface area contributed by atoms with Crippen LogP contribution in [0, 0.1) is 5.82 Å². The monoisotopic (exact) mass is 322 g/mol. The number of alkyl halides is 2. The second-order valence-corrected chi connectivity index (χ2v) is 5.30. The fourth-order valence-electron chi connectivity index (χ4n) is 2.04. The highest BCUT2D eigenvalue weighted by molar-refractivity contribution is 6.22. The van der Waals surface area contributed by atoms with Crippen LogP contribution in [-0.2, 0) is 14.9 Å². The van der Waals surface area contributed by atoms with Crippen LogP contribution in [0.4, 0.5) is 4.39 Å². The molecule has 0 aliphatic heterocycles. The number of ether oxygens (including phenoxy) is 2. The topological polar surface area (TPSA) is 18.5 Å². The highest BCUT2D eigenvalue weighted by Gasteiger charge is 2.30. The zero-order chi connectivity index (χ0) is 14.8. The van der Waals surface area contributed by atoms with Crippen LogP contribution in [0.25, 0.3) is 0 Å². The SMILES string of the molecule is COCCOCCCC(CCl)(CCl)c1cccc(F)c1. The Morgan fingerprint density at radius 1 is 1.15 bits per heavy atom. The molecule has 0 heterocycles. The first-order valence-corrected chi connectivity index (χ1v) is 7.70. The third kappa shape index (κ3) is 5.21. The van der Waals surface area contributed by atoms with Gasteiger partial charge < -0.3 is 9.47 Å². The lowest BCUT2D eigenvalue weighted by atomic mass is 9.80. The molecule has 0 bridgehead atoms. The van der Waals surface area contributed by atoms with Crippen LogP contribution in [-0.4, -0.2) is 38.7 Å². The molecule has 2 nitrogen and oxygen atoms in total. The largest absolute Gasteiger partial charge is 0.382 e. The molecule has 5 heteroatoms. The molecule has 0 aliphatic rings. The van der Waals surface area contributed by atoms with Crippen molar-refractivity contribution < 1.29 is 13.9 Å². The Kier molecular flexibility index (Phi) is 8.46. The summed E-state index contributed by atoms with van der Waals surface area (Å²) >= 11 is 12.2. The van der Waals surface area contributed by atoms with Gasteiger partial charge in [-0.25, -0.2) is 4.39 Å². The Balaban J connectivity index is 2.58. The molecule has 0 saturated carbocycles. The van der Waals surface area contributed by atoms with Crippen molar-refractivity contribution in [3.05, 3.63) is 35.6 Å². The summed E-state index contributed by atoms with van der Waals surface area (Å²) in [4.78, 5) is 0. The van der Waals surface area contributed by atoms with Crippen molar-refractivity contribution in [2.24, 2.45) is 0 Å². The van der Waals surface area contributed by atoms with Gasteiger partial charge in [-0.1, -0.05) is 12.1 Å². The van der Waals surface area contributed by atoms with Gasteiger partial charge in [0, 0.05) is 30.9 Å². The smallest absolute Gasteiger partial charge is 0.123 e. The Labute approximate surface area is 130 Å². The number of benzene rings is 1. The second-order valence-electron chi connectivity index (χ2n) is 4.77. The van der Waals surface area contributed by atoms with Crippen molar-refractivity contribution in [3.8, 4) is 0 Å². The van der Waals surface area contributed by atoms with Gasteiger partial charge in [0.05, 0.1) is 13.2 Å². The van der Waals surface area contributed by atoms with Crippen LogP contribution in [0.2, 0.25) is 0 Å². The van der Waals surface area contributed by atoms with E-state index in [0.717, 1.165) is 18.4 Å². The van der Waals surface area contributed by atoms with Crippen molar-refractivity contribution in [3.63, 3.8) is 0 Å². The predicted octanol–water partition coefficient (Wildman–Crippen LogP) is 3.98. The van der Waals surface area contributed by atoms with Crippen molar-refractivity contribution >= 4 is 23.2 Å². The average molecular weight is 323 g/mol. The van der Waals surface area contributed by atoms with Gasteiger partial charge in [0.1, 0.15) is 5.82 Å². The average Bonchev–Trinajstić information content (AvgIpc) is 2.47. The van der Waals surface area contributed by atoms with Crippen molar-refractivity contribution in [1.29, 1.82) is 0 Å². The summed E-state index contributed by atoms with van der Waals surface area (Å²) in [5.74, 6) is 0.453. The van der Waals surface area contributed by atoms with E-state index in [4.69, 9.17) is 32.7 Å². The zero-order valence-corrected chi connectivity index (χ0v) is 13.2. The van der Waals surface area contributed by atoms with Crippen LogP contribution in [0.1, 0.15) is 18.4 Å². The molecule has 0 spiro atoms. The molecule has 20 heavy (non-hydrogen) atoms. The highest BCUT2D eigenvalue weighted by Crippen LogP contribution is 2.32. The number of methoxy groups -OCH3 is 1. The molecule has 0 aliphatic carbocycles. The minimum atomic E-state index is -0.407. The molecule has 0 N–H and O–H groups in total. The molecule has 0 radical (unpaired) electrons. The van der Waals surface area contributed by atoms with Crippen LogP contribution in [0.15, 0.2) is 24.3 Å². The maximum Gasteiger partial charge on any atom is 0.123 e. The zero-order valence-electron chi connectivity index (χ0n) is 11.7. The molecular weight excluding hydrogens is 302 g/mol. The summed E-state index contributed by atoms with van der Waals surface area (Å²) in [6, 6.07) is 6.49. The first-order chi connectivity index (χ1) is 9.68. The molecule has 0 fully saturated rings. The Hall–Kier alpha value is -0.350. The van der Waals surface area contributed by atoms with E-state index in [1.54, 1.807) is 13.2 Å². The highest BCUT2D eigenvalue weighted by atomic mass is 35.5. The van der Waals surface area contributed by atoms with E-state index < -0.39 is 5.41 Å². The standard InChI is InChI=1S/C15H21Cl2FO2/c1-19-8-9-20-7-3-6-15(11-16,12-17)13-4-2-5-14(18)10-13/h2,4-5,10H,3,6-9,11-12H2,1H3. The fraction of sp³-hybridized carbons (Fsp3) is 0.600. The summed E-state index contributed by atoms with van der Waals surface area (Å²) in [5, 5.41) is 0. The van der Waals surface area contributed by atoms with Crippen molar-refractivity contribution in [2.75, 3.05) is 38.7 Å². The first kappa shape index (κ1) is 17.7. The van der Waals surface area contributed by atoms with Gasteiger partial charge in [-0.15, -0.1) is 23.2 Å². The summed E-state index contributed by atoms with van der Waals surface area (Å²) in [7, 11) is 1.64. The fourth-order valence-corrected chi connectivity index (χ4v) is 2.90. The minimum absolute atomic E-state index is 0.265. The third-order valence-electron chi connectivity index (χ3n) is 3.32. The van der Waals surface area contributed by atoms with E-state index in [-0.39, 0.29) is 5.82 Å². The first-order valence-electron chi connectivity index (χ1n) is 6.63. The third-order valence-corrected chi connectivity index (χ3v) is 4.35. The van der Waals surface area contributed by atoms with Crippen LogP contribution >= 0.6 is 23.2 Å². The molecule has 114 valence electrons. The quantitative estimate of drug-likeness (QED) is 0.479. The van der Waals surface area contributed by atoms with Gasteiger partial charge in [0.2, 0.25) is 0 Å². The van der Waals surface area contributed by atoms with E-state index >= 15 is 0 Å². The second kappa shape index (κ2) is 9.56. The van der Waals surface area contributed by atoms with E-state index in [2.05, 4.69) is 0 Å². The van der Waals surface area contributed by atoms with E-state index in [9.17, 15) is 4.39 Å². The van der Waals surface area contributed by atoms with Gasteiger partial charge in [0.15, 0.2) is 0 Å². The number of halogens is 3. The van der Waals surface area contributed by atoms with E-state index in [1.165, 1.54) is 12.1 Å². The van der Waals surface area contributed by atoms with Crippen molar-refractivity contribution in [2.45, 2.75) is 18.3 Å². The van der Waals surface area contributed by atoms with Crippen LogP contribution in [0.3, 0.4) is 0 Å². The number of hydrogen-bond donors (Lipinski definition) is 0. The van der Waals surface area contributed by atoms with Gasteiger partial charge >= 0.3 is 0 Å². The van der Waals surface area contributed by atoms with Crippen LogP contribution < -0.4 is 0 Å². The molecule has 0 amide bonds. The normalized spacial score (nSPS) is 11.8. The molecule has 0 unspecified atom stereocenters. The maximum absolute atomic E-state index is 13.4. The van der Waals surface area contributed by atoms with Gasteiger partial charge in [-0.3, -0.25) is 0 Å². The molecule has 0 atom stereocenters. The van der Waals surface area contributed by atoms with Gasteiger partial charge in [-0.2, -0.15) is 0 Å². The summed E-state index contributed by atoms with van der Waals surface area (Å²) in [5.41, 5.74) is 0.440. The van der Waals surface area contributed by atoms with Gasteiger partial charge in [-0.05, 0) is 30.5 Å². The number of hydrogen-bond acceptors (Lipinski definition) is 2. The molecule has 1 rings (SSSR count). The molecule has 0 saturated heterocycles. The summed E-state index contributed by atoms with van der Waals surface area (Å²) in [6.07, 6.45) is 1.58. The van der Waals surface area contributed by atoms with Gasteiger partial charge in [0.25, 0.3) is 0 Å². The molecule has 1 aromatic rings. The lowest BCUT2D eigenvalue weighted by Gasteiger charge is -2.30. The maximum atomic E-state index is 13.4. The number of rotatable bonds is 10. The van der Waals surface area contributed by atoms with Crippen molar-refractivity contribution in [1.82, 2.24) is 0 Å². The lowest BCUT2D eigenvalue weighted by Crippen LogP contribution is -2.31. The van der Waals surface area contributed by atoms with Crippen LogP contribution in [0.5, 0.6) is 0 Å². The molecular formula is C15H21Cl2FO2. The van der Waals surface area contributed by atoms with E-state index in [0.29, 0.717) is 31.6 Å². The minimum Gasteiger partial charge on any atom is -0.382 e. The predicted molar refractivity (Wildman–Crippen MR) is 81.4 cm³/mol. The Bertz CT molecular complexity index is 384. The Morgan fingerprint density at radius 3 is 2.50 bits per heavy atom. The molecule has 0 aromatic heterocycles. The molecule has 1 aromatic carbocycles. The lowest BCUT2D eigenvalue weighted by molar-refractivity contribution is 0.0670. The Morgan fingerprint density at radius 2 is 1.90 bits per heavy atom. The summed E-state index contributed by atoms with van der Waals surface area (Å²) < 4.78 is 23.7. The summed E-state index contributed by atoms with van der Waals surface area (Å²) in [6.45, 7) is 1.78.